The molecule has 2 rings (SSSR count). The van der Waals surface area contributed by atoms with Crippen LogP contribution in [-0.2, 0) is 0 Å². The summed E-state index contributed by atoms with van der Waals surface area (Å²) in [7, 11) is 1.92. The highest BCUT2D eigenvalue weighted by Crippen LogP contribution is 2.34. The van der Waals surface area contributed by atoms with Crippen LogP contribution in [0.1, 0.15) is 28.9 Å². The van der Waals surface area contributed by atoms with Gasteiger partial charge in [0.25, 0.3) is 0 Å². The minimum absolute atomic E-state index is 0.0484. The number of halogens is 2. The standard InChI is InChI=1S/C16H15Cl2NO/c1-11(12-5-3-7-14(17)9-12)19(2)16-13(10-20)6-4-8-15(16)18/h3-11H,1-2H3. The second-order valence-corrected chi connectivity index (χ2v) is 5.48. The molecule has 20 heavy (non-hydrogen) atoms. The Kier molecular flexibility index (Phi) is 4.69. The molecule has 0 spiro atoms. The summed E-state index contributed by atoms with van der Waals surface area (Å²) in [5.74, 6) is 0. The topological polar surface area (TPSA) is 20.3 Å². The van der Waals surface area contributed by atoms with Crippen molar-refractivity contribution in [3.63, 3.8) is 0 Å². The zero-order valence-corrected chi connectivity index (χ0v) is 12.8. The number of hydrogen-bond acceptors (Lipinski definition) is 2. The molecule has 0 radical (unpaired) electrons. The Morgan fingerprint density at radius 3 is 2.50 bits per heavy atom. The molecule has 2 aromatic carbocycles. The second kappa shape index (κ2) is 6.29. The first-order valence-corrected chi connectivity index (χ1v) is 7.02. The quantitative estimate of drug-likeness (QED) is 0.741. The van der Waals surface area contributed by atoms with Gasteiger partial charge in [0.1, 0.15) is 0 Å². The summed E-state index contributed by atoms with van der Waals surface area (Å²) in [5, 5.41) is 1.25. The summed E-state index contributed by atoms with van der Waals surface area (Å²) >= 11 is 12.3. The molecule has 2 nitrogen and oxygen atoms in total. The van der Waals surface area contributed by atoms with Gasteiger partial charge in [-0.1, -0.05) is 41.4 Å². The predicted molar refractivity (Wildman–Crippen MR) is 85.1 cm³/mol. The van der Waals surface area contributed by atoms with Crippen molar-refractivity contribution in [2.75, 3.05) is 11.9 Å². The van der Waals surface area contributed by atoms with Crippen LogP contribution in [0.5, 0.6) is 0 Å². The van der Waals surface area contributed by atoms with Crippen LogP contribution >= 0.6 is 23.2 Å². The number of carbonyl (C=O) groups is 1. The fourth-order valence-electron chi connectivity index (χ4n) is 2.18. The van der Waals surface area contributed by atoms with Crippen LogP contribution in [0.4, 0.5) is 5.69 Å². The normalized spacial score (nSPS) is 12.0. The van der Waals surface area contributed by atoms with Gasteiger partial charge >= 0.3 is 0 Å². The Labute approximate surface area is 128 Å². The largest absolute Gasteiger partial charge is 0.366 e. The molecule has 0 fully saturated rings. The van der Waals surface area contributed by atoms with Crippen LogP contribution in [0.2, 0.25) is 10.0 Å². The average Bonchev–Trinajstić information content (AvgIpc) is 2.45. The maximum absolute atomic E-state index is 11.2. The summed E-state index contributed by atoms with van der Waals surface area (Å²) in [6.07, 6.45) is 0.822. The molecule has 0 aliphatic heterocycles. The number of hydrogen-bond donors (Lipinski definition) is 0. The summed E-state index contributed by atoms with van der Waals surface area (Å²) < 4.78 is 0. The van der Waals surface area contributed by atoms with E-state index in [1.54, 1.807) is 18.2 Å². The highest BCUT2D eigenvalue weighted by atomic mass is 35.5. The first kappa shape index (κ1) is 14.9. The molecule has 0 N–H and O–H groups in total. The van der Waals surface area contributed by atoms with Gasteiger partial charge in [-0.15, -0.1) is 0 Å². The second-order valence-electron chi connectivity index (χ2n) is 4.64. The van der Waals surface area contributed by atoms with Crippen LogP contribution in [-0.4, -0.2) is 13.3 Å². The van der Waals surface area contributed by atoms with Crippen molar-refractivity contribution in [3.05, 3.63) is 63.6 Å². The SMILES string of the molecule is CC(c1cccc(Cl)c1)N(C)c1c(Cl)cccc1C=O. The van der Waals surface area contributed by atoms with E-state index in [9.17, 15) is 4.79 Å². The van der Waals surface area contributed by atoms with Gasteiger partial charge in [-0.3, -0.25) is 4.79 Å². The summed E-state index contributed by atoms with van der Waals surface area (Å²) in [5.41, 5.74) is 2.38. The Bertz CT molecular complexity index is 628. The summed E-state index contributed by atoms with van der Waals surface area (Å²) in [6, 6.07) is 13.0. The molecule has 0 aliphatic rings. The molecular weight excluding hydrogens is 293 g/mol. The van der Waals surface area contributed by atoms with Gasteiger partial charge in [0, 0.05) is 17.6 Å². The van der Waals surface area contributed by atoms with Crippen LogP contribution in [0.15, 0.2) is 42.5 Å². The maximum atomic E-state index is 11.2. The third-order valence-corrected chi connectivity index (χ3v) is 3.95. The molecule has 0 aromatic heterocycles. The minimum atomic E-state index is 0.0484. The molecule has 0 saturated heterocycles. The Balaban J connectivity index is 2.41. The third-order valence-electron chi connectivity index (χ3n) is 3.41. The summed E-state index contributed by atoms with van der Waals surface area (Å²) in [6.45, 7) is 2.05. The monoisotopic (exact) mass is 307 g/mol. The molecule has 1 unspecified atom stereocenters. The van der Waals surface area contributed by atoms with E-state index in [4.69, 9.17) is 23.2 Å². The Morgan fingerprint density at radius 1 is 1.15 bits per heavy atom. The number of aldehydes is 1. The molecule has 0 saturated carbocycles. The van der Waals surface area contributed by atoms with Gasteiger partial charge in [-0.2, -0.15) is 0 Å². The lowest BCUT2D eigenvalue weighted by atomic mass is 10.1. The van der Waals surface area contributed by atoms with Gasteiger partial charge in [-0.25, -0.2) is 0 Å². The van der Waals surface area contributed by atoms with E-state index in [1.807, 2.05) is 43.1 Å². The Morgan fingerprint density at radius 2 is 1.85 bits per heavy atom. The molecule has 1 atom stereocenters. The minimum Gasteiger partial charge on any atom is -0.366 e. The van der Waals surface area contributed by atoms with Gasteiger partial charge < -0.3 is 4.90 Å². The smallest absolute Gasteiger partial charge is 0.152 e. The lowest BCUT2D eigenvalue weighted by Crippen LogP contribution is -2.23. The fourth-order valence-corrected chi connectivity index (χ4v) is 2.70. The van der Waals surface area contributed by atoms with Crippen molar-refractivity contribution >= 4 is 35.2 Å². The molecular formula is C16H15Cl2NO. The van der Waals surface area contributed by atoms with E-state index in [1.165, 1.54) is 0 Å². The van der Waals surface area contributed by atoms with Crippen LogP contribution in [0, 0.1) is 0 Å². The van der Waals surface area contributed by atoms with E-state index in [-0.39, 0.29) is 6.04 Å². The van der Waals surface area contributed by atoms with E-state index < -0.39 is 0 Å². The van der Waals surface area contributed by atoms with E-state index >= 15 is 0 Å². The number of para-hydroxylation sites is 1. The van der Waals surface area contributed by atoms with E-state index in [0.717, 1.165) is 17.5 Å². The molecule has 2 aromatic rings. The number of rotatable bonds is 4. The van der Waals surface area contributed by atoms with Gasteiger partial charge in [0.2, 0.25) is 0 Å². The first-order chi connectivity index (χ1) is 9.54. The Hall–Kier alpha value is -1.51. The highest BCUT2D eigenvalue weighted by molar-refractivity contribution is 6.34. The van der Waals surface area contributed by atoms with Crippen molar-refractivity contribution in [1.82, 2.24) is 0 Å². The average molecular weight is 308 g/mol. The zero-order valence-electron chi connectivity index (χ0n) is 11.3. The highest BCUT2D eigenvalue weighted by Gasteiger charge is 2.18. The van der Waals surface area contributed by atoms with Gasteiger partial charge in [0.15, 0.2) is 6.29 Å². The molecule has 0 heterocycles. The van der Waals surface area contributed by atoms with Gasteiger partial charge in [-0.05, 0) is 36.8 Å². The van der Waals surface area contributed by atoms with Crippen molar-refractivity contribution in [3.8, 4) is 0 Å². The van der Waals surface area contributed by atoms with Crippen molar-refractivity contribution in [2.24, 2.45) is 0 Å². The number of anilines is 1. The van der Waals surface area contributed by atoms with Crippen molar-refractivity contribution in [1.29, 1.82) is 0 Å². The van der Waals surface area contributed by atoms with Crippen molar-refractivity contribution < 1.29 is 4.79 Å². The van der Waals surface area contributed by atoms with E-state index in [2.05, 4.69) is 0 Å². The molecule has 104 valence electrons. The first-order valence-electron chi connectivity index (χ1n) is 6.26. The van der Waals surface area contributed by atoms with Crippen LogP contribution in [0.25, 0.3) is 0 Å². The fraction of sp³-hybridized carbons (Fsp3) is 0.188. The molecule has 0 bridgehead atoms. The molecule has 4 heteroatoms. The van der Waals surface area contributed by atoms with Crippen molar-refractivity contribution in [2.45, 2.75) is 13.0 Å². The lowest BCUT2D eigenvalue weighted by Gasteiger charge is -2.29. The van der Waals surface area contributed by atoms with Crippen LogP contribution in [0.3, 0.4) is 0 Å². The maximum Gasteiger partial charge on any atom is 0.152 e. The number of nitrogens with zero attached hydrogens (tertiary/aromatic N) is 1. The zero-order chi connectivity index (χ0) is 14.7. The third kappa shape index (κ3) is 2.97. The molecule has 0 aliphatic carbocycles. The van der Waals surface area contributed by atoms with Gasteiger partial charge in [0.05, 0.1) is 16.8 Å². The van der Waals surface area contributed by atoms with E-state index in [0.29, 0.717) is 15.6 Å². The molecule has 0 amide bonds. The number of carbonyl (C=O) groups excluding carboxylic acids is 1. The lowest BCUT2D eigenvalue weighted by molar-refractivity contribution is 0.112. The summed E-state index contributed by atoms with van der Waals surface area (Å²) in [4.78, 5) is 13.2. The predicted octanol–water partition coefficient (Wildman–Crippen LogP) is 5.00. The van der Waals surface area contributed by atoms with Crippen LogP contribution < -0.4 is 4.90 Å². The number of benzene rings is 2.